The Bertz CT molecular complexity index is 878. The molecule has 3 heterocycles. The molecule has 30 heavy (non-hydrogen) atoms. The molecule has 3 atom stereocenters. The average molecular weight is 502 g/mol. The number of ether oxygens (including phenoxy) is 2. The standard InChI is InChI=1S/C14H25FN6O5P2S2/c1-23-9-27(29)25-3-2-21-13(19-11-4-17-8-18-14(11)21)7-28(16,22)30-20-26-12-6-24-5-10(12)15/h4,8-10,12,20,22,27-29H,2-3,5-7,16H2,1H3. The molecule has 0 aromatic carbocycles. The molecule has 0 radical (unpaired) electrons. The predicted octanol–water partition coefficient (Wildman–Crippen LogP) is 1.08. The number of imidazole rings is 1. The molecule has 170 valence electrons. The normalized spacial score (nSPS) is 21.5. The van der Waals surface area contributed by atoms with Gasteiger partial charge in [0.25, 0.3) is 0 Å². The fraction of sp³-hybridized carbons (Fsp3) is 0.571. The van der Waals surface area contributed by atoms with Gasteiger partial charge >= 0.3 is 183 Å². The van der Waals surface area contributed by atoms with Crippen LogP contribution in [-0.4, -0.2) is 69.6 Å². The maximum atomic E-state index is 13.5. The molecular weight excluding hydrogens is 477 g/mol. The number of rotatable bonds is 11. The summed E-state index contributed by atoms with van der Waals surface area (Å²) in [5.41, 5.74) is 7.30. The van der Waals surface area contributed by atoms with Gasteiger partial charge in [0.05, 0.1) is 0 Å². The van der Waals surface area contributed by atoms with E-state index in [4.69, 9.17) is 24.3 Å². The second-order valence-corrected chi connectivity index (χ2v) is 14.0. The van der Waals surface area contributed by atoms with Gasteiger partial charge in [-0.15, -0.1) is 0 Å². The molecule has 1 aliphatic rings. The Hall–Kier alpha value is -0.370. The van der Waals surface area contributed by atoms with E-state index >= 15 is 0 Å². The van der Waals surface area contributed by atoms with Gasteiger partial charge in [-0.3, -0.25) is 0 Å². The minimum atomic E-state index is -3.40. The topological polar surface area (TPSA) is 139 Å². The van der Waals surface area contributed by atoms with Crippen molar-refractivity contribution in [2.45, 2.75) is 25.0 Å². The van der Waals surface area contributed by atoms with E-state index in [9.17, 15) is 9.28 Å². The number of hydrogen-bond donors (Lipinski definition) is 4. The van der Waals surface area contributed by atoms with E-state index in [-0.39, 0.29) is 19.4 Å². The Balaban J connectivity index is 1.65. The van der Waals surface area contributed by atoms with Crippen molar-refractivity contribution in [1.29, 1.82) is 0 Å². The van der Waals surface area contributed by atoms with Crippen LogP contribution in [0, 0.1) is 0 Å². The molecule has 1 saturated heterocycles. The Labute approximate surface area is 183 Å². The van der Waals surface area contributed by atoms with Gasteiger partial charge < -0.3 is 0 Å². The number of nitrogens with two attached hydrogens (primary N) is 1. The summed E-state index contributed by atoms with van der Waals surface area (Å²) in [5.74, 6) is 2.09. The van der Waals surface area contributed by atoms with Crippen molar-refractivity contribution < 1.29 is 28.1 Å². The molecule has 2 aromatic rings. The molecule has 0 aliphatic carbocycles. The van der Waals surface area contributed by atoms with Crippen LogP contribution in [0.25, 0.3) is 11.2 Å². The SMILES string of the molecule is CO/C=[PH](\S)OCCn1c(C[PH](N)(O)SNOC2COCC2F)nc2cncnc21. The van der Waals surface area contributed by atoms with Gasteiger partial charge in [0.1, 0.15) is 0 Å². The Morgan fingerprint density at radius 3 is 3.17 bits per heavy atom. The molecule has 0 saturated carbocycles. The molecule has 3 rings (SSSR count). The quantitative estimate of drug-likeness (QED) is 0.152. The van der Waals surface area contributed by atoms with Gasteiger partial charge in [-0.2, -0.15) is 0 Å². The van der Waals surface area contributed by atoms with Crippen LogP contribution in [0.15, 0.2) is 12.5 Å². The first-order valence-corrected chi connectivity index (χ1v) is 15.5. The molecule has 1 aliphatic heterocycles. The van der Waals surface area contributed by atoms with Gasteiger partial charge in [-0.1, -0.05) is 0 Å². The number of halogens is 1. The number of methoxy groups -OCH3 is 1. The number of hydrogen-bond acceptors (Lipinski definition) is 12. The average Bonchev–Trinajstić information content (AvgIpc) is 3.25. The molecular formula is C14H25FN6O5P2S2. The van der Waals surface area contributed by atoms with Crippen LogP contribution in [0.5, 0.6) is 0 Å². The van der Waals surface area contributed by atoms with Crippen LogP contribution in [0.3, 0.4) is 0 Å². The minimum absolute atomic E-state index is 0.00809. The van der Waals surface area contributed by atoms with Crippen LogP contribution in [0.2, 0.25) is 0 Å². The van der Waals surface area contributed by atoms with Crippen molar-refractivity contribution in [2.24, 2.45) is 5.50 Å². The number of thiol groups is 1. The first-order chi connectivity index (χ1) is 14.4. The molecule has 0 amide bonds. The monoisotopic (exact) mass is 502 g/mol. The zero-order chi connectivity index (χ0) is 21.6. The number of aromatic nitrogens is 4. The summed E-state index contributed by atoms with van der Waals surface area (Å²) >= 11 is 5.17. The van der Waals surface area contributed by atoms with Crippen molar-refractivity contribution in [3.63, 3.8) is 0 Å². The summed E-state index contributed by atoms with van der Waals surface area (Å²) < 4.78 is 30.9. The van der Waals surface area contributed by atoms with Crippen LogP contribution in [0.4, 0.5) is 4.39 Å². The molecule has 11 nitrogen and oxygen atoms in total. The van der Waals surface area contributed by atoms with Gasteiger partial charge in [0.15, 0.2) is 0 Å². The van der Waals surface area contributed by atoms with Crippen LogP contribution < -0.4 is 10.4 Å². The molecule has 2 aromatic heterocycles. The number of fused-ring (bicyclic) bond motifs is 1. The molecule has 0 bridgehead atoms. The maximum absolute atomic E-state index is 13.5. The number of nitrogens with zero attached hydrogens (tertiary/aromatic N) is 4. The summed E-state index contributed by atoms with van der Waals surface area (Å²) in [4.78, 5) is 31.2. The zero-order valence-corrected chi connectivity index (χ0v) is 19.8. The van der Waals surface area contributed by atoms with E-state index in [0.717, 1.165) is 11.6 Å². The van der Waals surface area contributed by atoms with Gasteiger partial charge in [0, 0.05) is 0 Å². The molecule has 0 spiro atoms. The van der Waals surface area contributed by atoms with E-state index in [0.29, 0.717) is 30.1 Å². The molecule has 3 unspecified atom stereocenters. The fourth-order valence-corrected chi connectivity index (χ4v) is 6.16. The van der Waals surface area contributed by atoms with Crippen molar-refractivity contribution in [1.82, 2.24) is 24.4 Å². The summed E-state index contributed by atoms with van der Waals surface area (Å²) in [7, 11) is 1.54. The summed E-state index contributed by atoms with van der Waals surface area (Å²) in [5, 5.41) is 0. The third-order valence-corrected chi connectivity index (χ3v) is 8.80. The summed E-state index contributed by atoms with van der Waals surface area (Å²) in [6, 6.07) is 0. The first kappa shape index (κ1) is 24.3. The predicted molar refractivity (Wildman–Crippen MR) is 121 cm³/mol. The molecule has 1 fully saturated rings. The van der Waals surface area contributed by atoms with E-state index in [1.165, 1.54) is 13.4 Å². The van der Waals surface area contributed by atoms with E-state index in [1.807, 2.05) is 4.57 Å². The summed E-state index contributed by atoms with van der Waals surface area (Å²) in [6.45, 7) is -3.96. The van der Waals surface area contributed by atoms with E-state index in [1.54, 1.807) is 12.2 Å². The van der Waals surface area contributed by atoms with Crippen LogP contribution in [0.1, 0.15) is 5.82 Å². The van der Waals surface area contributed by atoms with Crippen LogP contribution in [-0.2, 0) is 31.5 Å². The molecule has 16 heteroatoms. The van der Waals surface area contributed by atoms with Crippen molar-refractivity contribution in [3.05, 3.63) is 18.3 Å². The van der Waals surface area contributed by atoms with Crippen LogP contribution >= 0.6 is 37.6 Å². The van der Waals surface area contributed by atoms with Gasteiger partial charge in [-0.05, 0) is 0 Å². The number of alkyl halides is 1. The first-order valence-electron chi connectivity index (χ1n) is 8.91. The van der Waals surface area contributed by atoms with Crippen molar-refractivity contribution >= 4 is 54.8 Å². The van der Waals surface area contributed by atoms with E-state index < -0.39 is 26.1 Å². The van der Waals surface area contributed by atoms with Gasteiger partial charge in [0.2, 0.25) is 0 Å². The van der Waals surface area contributed by atoms with Gasteiger partial charge in [-0.25, -0.2) is 0 Å². The Kier molecular flexibility index (Phi) is 9.29. The fourth-order valence-electron chi connectivity index (χ4n) is 2.71. The third-order valence-electron chi connectivity index (χ3n) is 4.06. The third kappa shape index (κ3) is 6.81. The Morgan fingerprint density at radius 2 is 2.43 bits per heavy atom. The number of nitrogens with one attached hydrogen (secondary N) is 1. The Morgan fingerprint density at radius 1 is 1.60 bits per heavy atom. The summed E-state index contributed by atoms with van der Waals surface area (Å²) in [6.07, 6.45) is 1.14. The van der Waals surface area contributed by atoms with Crippen molar-refractivity contribution in [2.75, 3.05) is 26.9 Å². The second-order valence-electron chi connectivity index (χ2n) is 6.37. The zero-order valence-electron chi connectivity index (χ0n) is 16.1. The van der Waals surface area contributed by atoms with Crippen molar-refractivity contribution in [3.8, 4) is 0 Å². The van der Waals surface area contributed by atoms with E-state index in [2.05, 4.69) is 32.1 Å². The second kappa shape index (κ2) is 11.5. The molecule has 4 N–H and O–H groups in total.